The summed E-state index contributed by atoms with van der Waals surface area (Å²) >= 11 is 0. The Kier molecular flexibility index (Phi) is 7.16. The molecular formula is C14H26O6. The van der Waals surface area contributed by atoms with Gasteiger partial charge in [0.2, 0.25) is 0 Å². The topological polar surface area (TPSA) is 93.1 Å². The van der Waals surface area contributed by atoms with Gasteiger partial charge in [0.25, 0.3) is 0 Å². The Balaban J connectivity index is 4.01. The molecular weight excluding hydrogens is 264 g/mol. The van der Waals surface area contributed by atoms with Gasteiger partial charge in [0.15, 0.2) is 5.92 Å². The van der Waals surface area contributed by atoms with Crippen molar-refractivity contribution in [2.75, 3.05) is 13.2 Å². The largest absolute Gasteiger partial charge is 0.465 e. The van der Waals surface area contributed by atoms with E-state index in [1.165, 1.54) is 6.92 Å². The highest BCUT2D eigenvalue weighted by molar-refractivity contribution is 5.94. The van der Waals surface area contributed by atoms with E-state index in [1.54, 1.807) is 27.7 Å². The Hall–Kier alpha value is -1.14. The van der Waals surface area contributed by atoms with E-state index in [0.717, 1.165) is 0 Å². The van der Waals surface area contributed by atoms with Crippen molar-refractivity contribution in [3.63, 3.8) is 0 Å². The third kappa shape index (κ3) is 9.75. The van der Waals surface area contributed by atoms with Gasteiger partial charge in [0.1, 0.15) is 0 Å². The Bertz CT molecular complexity index is 292. The first kappa shape index (κ1) is 18.9. The first-order valence-corrected chi connectivity index (χ1v) is 6.70. The van der Waals surface area contributed by atoms with Gasteiger partial charge in [-0.15, -0.1) is 0 Å². The van der Waals surface area contributed by atoms with Crippen LogP contribution in [0.5, 0.6) is 0 Å². The van der Waals surface area contributed by atoms with Crippen molar-refractivity contribution in [3.05, 3.63) is 0 Å². The molecule has 118 valence electrons. The SMILES string of the molecule is CC(C(=O)OCCC(C)(C)O)C(=O)OCCC(C)(C)O. The molecule has 0 aliphatic heterocycles. The summed E-state index contributed by atoms with van der Waals surface area (Å²) in [4.78, 5) is 23.2. The van der Waals surface area contributed by atoms with Crippen molar-refractivity contribution in [1.29, 1.82) is 0 Å². The van der Waals surface area contributed by atoms with Crippen LogP contribution in [0.15, 0.2) is 0 Å². The van der Waals surface area contributed by atoms with E-state index in [0.29, 0.717) is 12.8 Å². The summed E-state index contributed by atoms with van der Waals surface area (Å²) in [5.41, 5.74) is -1.84. The summed E-state index contributed by atoms with van der Waals surface area (Å²) in [6.45, 7) is 7.92. The second-order valence-electron chi connectivity index (χ2n) is 6.18. The number of carbonyl (C=O) groups is 2. The lowest BCUT2D eigenvalue weighted by molar-refractivity contribution is -0.162. The normalized spacial score (nSPS) is 12.4. The Morgan fingerprint density at radius 2 is 1.20 bits per heavy atom. The third-order valence-corrected chi connectivity index (χ3v) is 2.62. The summed E-state index contributed by atoms with van der Waals surface area (Å²) in [5.74, 6) is -2.37. The number of carbonyl (C=O) groups excluding carboxylic acids is 2. The van der Waals surface area contributed by atoms with Gasteiger partial charge < -0.3 is 19.7 Å². The molecule has 0 atom stereocenters. The minimum absolute atomic E-state index is 0.0453. The number of esters is 2. The Morgan fingerprint density at radius 1 is 0.900 bits per heavy atom. The van der Waals surface area contributed by atoms with Crippen LogP contribution in [0.3, 0.4) is 0 Å². The van der Waals surface area contributed by atoms with Gasteiger partial charge in [-0.2, -0.15) is 0 Å². The van der Waals surface area contributed by atoms with Gasteiger partial charge in [-0.3, -0.25) is 9.59 Å². The molecule has 0 aromatic carbocycles. The molecule has 0 heterocycles. The molecule has 0 bridgehead atoms. The smallest absolute Gasteiger partial charge is 0.320 e. The van der Waals surface area contributed by atoms with Crippen molar-refractivity contribution in [3.8, 4) is 0 Å². The number of rotatable bonds is 8. The monoisotopic (exact) mass is 290 g/mol. The average Bonchev–Trinajstić information content (AvgIpc) is 2.24. The highest BCUT2D eigenvalue weighted by atomic mass is 16.6. The second kappa shape index (κ2) is 7.59. The van der Waals surface area contributed by atoms with Gasteiger partial charge in [-0.1, -0.05) is 0 Å². The molecule has 0 amide bonds. The van der Waals surface area contributed by atoms with Crippen molar-refractivity contribution in [2.45, 2.75) is 58.7 Å². The van der Waals surface area contributed by atoms with Crippen LogP contribution in [0.25, 0.3) is 0 Å². The maximum atomic E-state index is 11.6. The molecule has 0 aromatic rings. The number of hydrogen-bond acceptors (Lipinski definition) is 6. The van der Waals surface area contributed by atoms with E-state index in [-0.39, 0.29) is 13.2 Å². The zero-order valence-corrected chi connectivity index (χ0v) is 12.9. The predicted molar refractivity (Wildman–Crippen MR) is 72.9 cm³/mol. The fourth-order valence-electron chi connectivity index (χ4n) is 1.15. The van der Waals surface area contributed by atoms with Crippen LogP contribution >= 0.6 is 0 Å². The lowest BCUT2D eigenvalue weighted by Gasteiger charge is -2.18. The van der Waals surface area contributed by atoms with Crippen LogP contribution in [-0.4, -0.2) is 46.6 Å². The minimum Gasteiger partial charge on any atom is -0.465 e. The predicted octanol–water partition coefficient (Wildman–Crippen LogP) is 1.03. The molecule has 2 N–H and O–H groups in total. The van der Waals surface area contributed by atoms with E-state index in [1.807, 2.05) is 0 Å². The average molecular weight is 290 g/mol. The molecule has 6 heteroatoms. The molecule has 0 saturated heterocycles. The summed E-state index contributed by atoms with van der Waals surface area (Å²) in [7, 11) is 0. The van der Waals surface area contributed by atoms with Crippen molar-refractivity contribution < 1.29 is 29.3 Å². The number of hydrogen-bond donors (Lipinski definition) is 2. The molecule has 6 nitrogen and oxygen atoms in total. The molecule has 0 rings (SSSR count). The molecule has 0 fully saturated rings. The van der Waals surface area contributed by atoms with Crippen LogP contribution in [0.2, 0.25) is 0 Å². The first-order valence-electron chi connectivity index (χ1n) is 6.70. The maximum Gasteiger partial charge on any atom is 0.320 e. The highest BCUT2D eigenvalue weighted by Crippen LogP contribution is 2.10. The van der Waals surface area contributed by atoms with Gasteiger partial charge in [0.05, 0.1) is 24.4 Å². The van der Waals surface area contributed by atoms with Crippen LogP contribution in [0.1, 0.15) is 47.5 Å². The lowest BCUT2D eigenvalue weighted by Crippen LogP contribution is -2.29. The van der Waals surface area contributed by atoms with E-state index >= 15 is 0 Å². The molecule has 0 unspecified atom stereocenters. The van der Waals surface area contributed by atoms with Crippen molar-refractivity contribution in [2.24, 2.45) is 5.92 Å². The Morgan fingerprint density at radius 3 is 1.45 bits per heavy atom. The molecule has 0 saturated carbocycles. The van der Waals surface area contributed by atoms with E-state index < -0.39 is 29.1 Å². The molecule has 0 aliphatic carbocycles. The van der Waals surface area contributed by atoms with Crippen LogP contribution in [-0.2, 0) is 19.1 Å². The number of aliphatic hydroxyl groups is 2. The van der Waals surface area contributed by atoms with Crippen molar-refractivity contribution >= 4 is 11.9 Å². The summed E-state index contributed by atoms with van der Waals surface area (Å²) in [6, 6.07) is 0. The Labute approximate surface area is 120 Å². The molecule has 20 heavy (non-hydrogen) atoms. The quantitative estimate of drug-likeness (QED) is 0.512. The molecule has 0 aromatic heterocycles. The number of ether oxygens (including phenoxy) is 2. The van der Waals surface area contributed by atoms with Gasteiger partial charge in [0, 0.05) is 12.8 Å². The third-order valence-electron chi connectivity index (χ3n) is 2.62. The maximum absolute atomic E-state index is 11.6. The lowest BCUT2D eigenvalue weighted by atomic mass is 10.1. The van der Waals surface area contributed by atoms with Crippen LogP contribution < -0.4 is 0 Å². The van der Waals surface area contributed by atoms with E-state index in [2.05, 4.69) is 0 Å². The molecule has 0 aliphatic rings. The molecule has 0 radical (unpaired) electrons. The molecule has 0 spiro atoms. The summed E-state index contributed by atoms with van der Waals surface area (Å²) in [5, 5.41) is 18.9. The minimum atomic E-state index is -1.02. The highest BCUT2D eigenvalue weighted by Gasteiger charge is 2.26. The standard InChI is InChI=1S/C14H26O6/c1-10(11(15)19-8-6-13(2,3)17)12(16)20-9-7-14(4,5)18/h10,17-18H,6-9H2,1-5H3. The van der Waals surface area contributed by atoms with Crippen LogP contribution in [0, 0.1) is 5.92 Å². The van der Waals surface area contributed by atoms with Crippen LogP contribution in [0.4, 0.5) is 0 Å². The van der Waals surface area contributed by atoms with Gasteiger partial charge >= 0.3 is 11.9 Å². The summed E-state index contributed by atoms with van der Waals surface area (Å²) in [6.07, 6.45) is 0.582. The second-order valence-corrected chi connectivity index (χ2v) is 6.18. The van der Waals surface area contributed by atoms with Crippen molar-refractivity contribution in [1.82, 2.24) is 0 Å². The zero-order chi connectivity index (χ0) is 16.0. The van der Waals surface area contributed by atoms with E-state index in [4.69, 9.17) is 9.47 Å². The van der Waals surface area contributed by atoms with E-state index in [9.17, 15) is 19.8 Å². The fraction of sp³-hybridized carbons (Fsp3) is 0.857. The summed E-state index contributed by atoms with van der Waals surface area (Å²) < 4.78 is 9.80. The fourth-order valence-corrected chi connectivity index (χ4v) is 1.15. The first-order chi connectivity index (χ1) is 8.92. The van der Waals surface area contributed by atoms with Gasteiger partial charge in [-0.25, -0.2) is 0 Å². The zero-order valence-electron chi connectivity index (χ0n) is 12.9. The van der Waals surface area contributed by atoms with Gasteiger partial charge in [-0.05, 0) is 34.6 Å².